The average molecular weight is 380 g/mol. The van der Waals surface area contributed by atoms with E-state index in [1.54, 1.807) is 25.3 Å². The SMILES string of the molecule is COCCOc1ccc(Cl)cc1-c1noc(Cn2ccc([N+](=O)[O-])n2)n1. The number of methoxy groups -OCH3 is 1. The van der Waals surface area contributed by atoms with E-state index in [0.29, 0.717) is 29.5 Å². The molecule has 11 heteroatoms. The molecule has 0 N–H and O–H groups in total. The molecule has 0 amide bonds. The summed E-state index contributed by atoms with van der Waals surface area (Å²) >= 11 is 6.05. The third-order valence-electron chi connectivity index (χ3n) is 3.31. The van der Waals surface area contributed by atoms with Gasteiger partial charge in [0, 0.05) is 12.1 Å². The van der Waals surface area contributed by atoms with Gasteiger partial charge in [0.05, 0.1) is 29.5 Å². The van der Waals surface area contributed by atoms with Gasteiger partial charge in [-0.05, 0) is 23.1 Å². The van der Waals surface area contributed by atoms with Crippen molar-refractivity contribution in [2.24, 2.45) is 0 Å². The summed E-state index contributed by atoms with van der Waals surface area (Å²) in [5, 5.41) is 18.9. The summed E-state index contributed by atoms with van der Waals surface area (Å²) in [6, 6.07) is 6.35. The van der Waals surface area contributed by atoms with Crippen LogP contribution in [-0.2, 0) is 11.3 Å². The van der Waals surface area contributed by atoms with E-state index in [9.17, 15) is 10.1 Å². The van der Waals surface area contributed by atoms with Gasteiger partial charge in [-0.1, -0.05) is 16.8 Å². The lowest BCUT2D eigenvalue weighted by atomic mass is 10.2. The first-order valence-corrected chi connectivity index (χ1v) is 7.86. The van der Waals surface area contributed by atoms with Gasteiger partial charge in [-0.2, -0.15) is 9.67 Å². The molecule has 0 aliphatic carbocycles. The van der Waals surface area contributed by atoms with E-state index in [-0.39, 0.29) is 24.1 Å². The number of ether oxygens (including phenoxy) is 2. The number of hydrogen-bond acceptors (Lipinski definition) is 8. The highest BCUT2D eigenvalue weighted by Gasteiger charge is 2.17. The standard InChI is InChI=1S/C15H14ClN5O5/c1-24-6-7-25-12-3-2-10(16)8-11(12)15-17-14(26-19-15)9-20-5-4-13(18-20)21(22)23/h2-5,8H,6-7,9H2,1H3. The van der Waals surface area contributed by atoms with Crippen molar-refractivity contribution >= 4 is 17.4 Å². The quantitative estimate of drug-likeness (QED) is 0.333. The molecule has 0 aliphatic heterocycles. The second-order valence-corrected chi connectivity index (χ2v) is 5.56. The minimum absolute atomic E-state index is 0.0985. The van der Waals surface area contributed by atoms with Crippen LogP contribution in [0.3, 0.4) is 0 Å². The molecule has 3 aromatic rings. The van der Waals surface area contributed by atoms with Crippen molar-refractivity contribution in [3.8, 4) is 17.1 Å². The van der Waals surface area contributed by atoms with Crippen molar-refractivity contribution in [2.75, 3.05) is 20.3 Å². The van der Waals surface area contributed by atoms with Crippen LogP contribution in [-0.4, -0.2) is 45.2 Å². The largest absolute Gasteiger partial charge is 0.490 e. The van der Waals surface area contributed by atoms with Crippen molar-refractivity contribution in [1.82, 2.24) is 19.9 Å². The van der Waals surface area contributed by atoms with Gasteiger partial charge in [0.2, 0.25) is 5.82 Å². The molecule has 0 bridgehead atoms. The number of benzene rings is 1. The number of halogens is 1. The fourth-order valence-corrected chi connectivity index (χ4v) is 2.31. The first-order valence-electron chi connectivity index (χ1n) is 7.49. The average Bonchev–Trinajstić information content (AvgIpc) is 3.26. The van der Waals surface area contributed by atoms with Crippen molar-refractivity contribution in [3.05, 3.63) is 51.5 Å². The fraction of sp³-hybridized carbons (Fsp3) is 0.267. The van der Waals surface area contributed by atoms with Crippen LogP contribution < -0.4 is 4.74 Å². The smallest absolute Gasteiger partial charge is 0.389 e. The molecule has 136 valence electrons. The maximum Gasteiger partial charge on any atom is 0.389 e. The Morgan fingerprint density at radius 1 is 1.35 bits per heavy atom. The van der Waals surface area contributed by atoms with E-state index < -0.39 is 4.92 Å². The molecule has 2 heterocycles. The van der Waals surface area contributed by atoms with E-state index in [4.69, 9.17) is 25.6 Å². The monoisotopic (exact) mass is 379 g/mol. The second kappa shape index (κ2) is 7.93. The topological polar surface area (TPSA) is 118 Å². The predicted molar refractivity (Wildman–Crippen MR) is 90.1 cm³/mol. The molecular weight excluding hydrogens is 366 g/mol. The first-order chi connectivity index (χ1) is 12.6. The lowest BCUT2D eigenvalue weighted by molar-refractivity contribution is -0.389. The van der Waals surface area contributed by atoms with Crippen molar-refractivity contribution < 1.29 is 18.9 Å². The Bertz CT molecular complexity index is 909. The molecule has 2 aromatic heterocycles. The van der Waals surface area contributed by atoms with Gasteiger partial charge < -0.3 is 24.1 Å². The van der Waals surface area contributed by atoms with Crippen molar-refractivity contribution in [3.63, 3.8) is 0 Å². The maximum atomic E-state index is 10.7. The van der Waals surface area contributed by atoms with Gasteiger partial charge in [0.25, 0.3) is 5.89 Å². The summed E-state index contributed by atoms with van der Waals surface area (Å²) in [4.78, 5) is 14.4. The molecule has 26 heavy (non-hydrogen) atoms. The van der Waals surface area contributed by atoms with Gasteiger partial charge >= 0.3 is 5.82 Å². The first kappa shape index (κ1) is 17.8. The van der Waals surface area contributed by atoms with Gasteiger partial charge in [-0.25, -0.2) is 0 Å². The van der Waals surface area contributed by atoms with Crippen LogP contribution in [0.1, 0.15) is 5.89 Å². The van der Waals surface area contributed by atoms with Crippen LogP contribution >= 0.6 is 11.6 Å². The Morgan fingerprint density at radius 2 is 2.19 bits per heavy atom. The third-order valence-corrected chi connectivity index (χ3v) is 3.54. The molecule has 0 saturated carbocycles. The van der Waals surface area contributed by atoms with Gasteiger partial charge in [0.15, 0.2) is 0 Å². The molecule has 0 aliphatic rings. The normalized spacial score (nSPS) is 10.8. The van der Waals surface area contributed by atoms with Crippen LogP contribution in [0.4, 0.5) is 5.82 Å². The molecule has 3 rings (SSSR count). The minimum atomic E-state index is -0.578. The lowest BCUT2D eigenvalue weighted by Gasteiger charge is -2.09. The summed E-state index contributed by atoms with van der Waals surface area (Å²) in [6.07, 6.45) is 1.46. The van der Waals surface area contributed by atoms with Gasteiger partial charge in [-0.15, -0.1) is 0 Å². The van der Waals surface area contributed by atoms with E-state index in [1.807, 2.05) is 0 Å². The number of rotatable bonds is 8. The third kappa shape index (κ3) is 4.16. The van der Waals surface area contributed by atoms with E-state index in [2.05, 4.69) is 15.2 Å². The zero-order chi connectivity index (χ0) is 18.5. The molecule has 0 atom stereocenters. The molecule has 10 nitrogen and oxygen atoms in total. The number of nitrogens with zero attached hydrogens (tertiary/aromatic N) is 5. The molecular formula is C15H14ClN5O5. The number of hydrogen-bond donors (Lipinski definition) is 0. The highest BCUT2D eigenvalue weighted by molar-refractivity contribution is 6.30. The van der Waals surface area contributed by atoms with E-state index in [0.717, 1.165) is 0 Å². The Hall–Kier alpha value is -2.98. The zero-order valence-corrected chi connectivity index (χ0v) is 14.4. The van der Waals surface area contributed by atoms with Crippen LogP contribution in [0.25, 0.3) is 11.4 Å². The zero-order valence-electron chi connectivity index (χ0n) is 13.7. The Kier molecular flexibility index (Phi) is 5.44. The van der Waals surface area contributed by atoms with Crippen molar-refractivity contribution in [2.45, 2.75) is 6.54 Å². The molecule has 0 radical (unpaired) electrons. The lowest BCUT2D eigenvalue weighted by Crippen LogP contribution is -2.05. The van der Waals surface area contributed by atoms with Crippen LogP contribution in [0.5, 0.6) is 5.75 Å². The van der Waals surface area contributed by atoms with Crippen LogP contribution in [0.15, 0.2) is 35.0 Å². The van der Waals surface area contributed by atoms with Gasteiger partial charge in [0.1, 0.15) is 18.9 Å². The van der Waals surface area contributed by atoms with Gasteiger partial charge in [-0.3, -0.25) is 0 Å². The summed E-state index contributed by atoms with van der Waals surface area (Å²) in [5.41, 5.74) is 0.565. The fourth-order valence-electron chi connectivity index (χ4n) is 2.14. The molecule has 0 fully saturated rings. The summed E-state index contributed by atoms with van der Waals surface area (Å²) < 4.78 is 17.1. The van der Waals surface area contributed by atoms with Crippen molar-refractivity contribution in [1.29, 1.82) is 0 Å². The molecule has 0 saturated heterocycles. The number of aromatic nitrogens is 4. The van der Waals surface area contributed by atoms with E-state index >= 15 is 0 Å². The summed E-state index contributed by atoms with van der Waals surface area (Å²) in [7, 11) is 1.58. The Morgan fingerprint density at radius 3 is 2.92 bits per heavy atom. The Balaban J connectivity index is 1.80. The number of nitro groups is 1. The second-order valence-electron chi connectivity index (χ2n) is 5.12. The van der Waals surface area contributed by atoms with Crippen LogP contribution in [0.2, 0.25) is 5.02 Å². The molecule has 1 aromatic carbocycles. The summed E-state index contributed by atoms with van der Waals surface area (Å²) in [5.74, 6) is 0.805. The van der Waals surface area contributed by atoms with Crippen LogP contribution in [0, 0.1) is 10.1 Å². The minimum Gasteiger partial charge on any atom is -0.490 e. The molecule has 0 unspecified atom stereocenters. The maximum absolute atomic E-state index is 10.7. The van der Waals surface area contributed by atoms with E-state index in [1.165, 1.54) is 16.9 Å². The molecule has 0 spiro atoms. The Labute approximate surface area is 152 Å². The summed E-state index contributed by atoms with van der Waals surface area (Å²) in [6.45, 7) is 0.881. The predicted octanol–water partition coefficient (Wildman–Crippen LogP) is 2.57. The highest BCUT2D eigenvalue weighted by atomic mass is 35.5. The highest BCUT2D eigenvalue weighted by Crippen LogP contribution is 2.31.